The van der Waals surface area contributed by atoms with Crippen LogP contribution in [0.5, 0.6) is 0 Å². The summed E-state index contributed by atoms with van der Waals surface area (Å²) in [6.45, 7) is -0.719. The van der Waals surface area contributed by atoms with E-state index in [0.717, 1.165) is 0 Å². The van der Waals surface area contributed by atoms with E-state index < -0.39 is 31.0 Å². The molecule has 0 bridgehead atoms. The van der Waals surface area contributed by atoms with E-state index in [0.29, 0.717) is 6.21 Å². The minimum atomic E-state index is -1.66. The molecule has 0 saturated heterocycles. The van der Waals surface area contributed by atoms with Crippen molar-refractivity contribution in [1.29, 1.82) is 5.41 Å². The van der Waals surface area contributed by atoms with Gasteiger partial charge in [-0.2, -0.15) is 0 Å². The van der Waals surface area contributed by atoms with E-state index in [1.54, 1.807) is 0 Å². The number of rotatable bonds is 5. The highest BCUT2D eigenvalue weighted by atomic mass is 16.4. The van der Waals surface area contributed by atoms with Crippen LogP contribution in [0.4, 0.5) is 0 Å². The van der Waals surface area contributed by atoms with Gasteiger partial charge in [-0.15, -0.1) is 0 Å². The van der Waals surface area contributed by atoms with Crippen molar-refractivity contribution in [2.45, 2.75) is 24.4 Å². The van der Waals surface area contributed by atoms with Gasteiger partial charge >= 0.3 is 0 Å². The molecule has 0 fully saturated rings. The fourth-order valence-corrected chi connectivity index (χ4v) is 0.636. The Kier molecular flexibility index (Phi) is 4.95. The standard InChI is InChI=1S/C6H13NO5/c7-1-3(9)5(11)6(12)4(10)2-8/h1,3-12H,2H2/t3-,4+,5+,6-/m0/s1. The van der Waals surface area contributed by atoms with E-state index in [1.807, 2.05) is 0 Å². The third-order valence-electron chi connectivity index (χ3n) is 1.45. The second-order valence-electron chi connectivity index (χ2n) is 2.39. The maximum atomic E-state index is 8.97. The van der Waals surface area contributed by atoms with Gasteiger partial charge in [-0.25, -0.2) is 0 Å². The Labute approximate surface area is 69.2 Å². The van der Waals surface area contributed by atoms with Gasteiger partial charge < -0.3 is 30.9 Å². The van der Waals surface area contributed by atoms with E-state index in [9.17, 15) is 0 Å². The van der Waals surface area contributed by atoms with Crippen molar-refractivity contribution < 1.29 is 25.5 Å². The predicted molar refractivity (Wildman–Crippen MR) is 39.9 cm³/mol. The fraction of sp³-hybridized carbons (Fsp3) is 0.833. The summed E-state index contributed by atoms with van der Waals surface area (Å²) in [4.78, 5) is 0. The lowest BCUT2D eigenvalue weighted by molar-refractivity contribution is -0.1000. The van der Waals surface area contributed by atoms with Gasteiger partial charge in [-0.1, -0.05) is 0 Å². The monoisotopic (exact) mass is 179 g/mol. The lowest BCUT2D eigenvalue weighted by Crippen LogP contribution is -2.46. The highest BCUT2D eigenvalue weighted by Crippen LogP contribution is 2.02. The first-order valence-corrected chi connectivity index (χ1v) is 3.38. The second kappa shape index (κ2) is 5.18. The molecule has 0 aromatic rings. The molecule has 4 atom stereocenters. The topological polar surface area (TPSA) is 125 Å². The van der Waals surface area contributed by atoms with Crippen LogP contribution in [0.15, 0.2) is 0 Å². The Morgan fingerprint density at radius 2 is 1.58 bits per heavy atom. The molecule has 72 valence electrons. The average molecular weight is 179 g/mol. The molecule has 6 heteroatoms. The SMILES string of the molecule is N=C[C@H](O)[C@@H](O)[C@@H](O)[C@H](O)CO. The third-order valence-corrected chi connectivity index (χ3v) is 1.45. The number of aliphatic hydroxyl groups is 5. The highest BCUT2D eigenvalue weighted by molar-refractivity contribution is 5.59. The van der Waals surface area contributed by atoms with Gasteiger partial charge in [0.05, 0.1) is 6.61 Å². The van der Waals surface area contributed by atoms with E-state index >= 15 is 0 Å². The van der Waals surface area contributed by atoms with Crippen molar-refractivity contribution in [2.24, 2.45) is 0 Å². The molecule has 6 nitrogen and oxygen atoms in total. The summed E-state index contributed by atoms with van der Waals surface area (Å²) >= 11 is 0. The molecule has 0 amide bonds. The number of aliphatic hydroxyl groups excluding tert-OH is 5. The second-order valence-corrected chi connectivity index (χ2v) is 2.39. The minimum Gasteiger partial charge on any atom is -0.394 e. The summed E-state index contributed by atoms with van der Waals surface area (Å²) in [6, 6.07) is 0. The Hall–Kier alpha value is -0.530. The van der Waals surface area contributed by atoms with Crippen LogP contribution in [0.3, 0.4) is 0 Å². The van der Waals surface area contributed by atoms with Gasteiger partial charge in [-0.3, -0.25) is 0 Å². The molecule has 0 saturated carbocycles. The Bertz CT molecular complexity index is 142. The first-order valence-electron chi connectivity index (χ1n) is 3.38. The zero-order valence-electron chi connectivity index (χ0n) is 6.33. The van der Waals surface area contributed by atoms with Crippen LogP contribution in [0, 0.1) is 5.41 Å². The molecule has 0 aromatic heterocycles. The molecule has 0 aliphatic heterocycles. The van der Waals surface area contributed by atoms with E-state index in [2.05, 4.69) is 0 Å². The summed E-state index contributed by atoms with van der Waals surface area (Å²) in [5, 5.41) is 50.4. The van der Waals surface area contributed by atoms with Crippen molar-refractivity contribution in [3.63, 3.8) is 0 Å². The summed E-state index contributed by atoms with van der Waals surface area (Å²) in [5.74, 6) is 0. The fourth-order valence-electron chi connectivity index (χ4n) is 0.636. The van der Waals surface area contributed by atoms with Crippen LogP contribution in [-0.2, 0) is 0 Å². The summed E-state index contributed by atoms with van der Waals surface area (Å²) in [7, 11) is 0. The van der Waals surface area contributed by atoms with E-state index in [1.165, 1.54) is 0 Å². The predicted octanol–water partition coefficient (Wildman–Crippen LogP) is -2.93. The zero-order valence-corrected chi connectivity index (χ0v) is 6.33. The smallest absolute Gasteiger partial charge is 0.117 e. The van der Waals surface area contributed by atoms with Crippen LogP contribution in [0.1, 0.15) is 0 Å². The van der Waals surface area contributed by atoms with Crippen LogP contribution in [0.25, 0.3) is 0 Å². The first-order chi connectivity index (χ1) is 5.54. The van der Waals surface area contributed by atoms with Crippen molar-refractivity contribution in [1.82, 2.24) is 0 Å². The number of nitrogens with one attached hydrogen (secondary N) is 1. The molecule has 0 aliphatic carbocycles. The maximum absolute atomic E-state index is 8.97. The minimum absolute atomic E-state index is 0.526. The Morgan fingerprint density at radius 1 is 1.08 bits per heavy atom. The van der Waals surface area contributed by atoms with Gasteiger partial charge in [-0.05, 0) is 0 Å². The molecule has 0 heterocycles. The van der Waals surface area contributed by atoms with Gasteiger partial charge in [0.1, 0.15) is 24.4 Å². The highest BCUT2D eigenvalue weighted by Gasteiger charge is 2.28. The van der Waals surface area contributed by atoms with Crippen molar-refractivity contribution in [2.75, 3.05) is 6.61 Å². The third kappa shape index (κ3) is 2.84. The van der Waals surface area contributed by atoms with Crippen LogP contribution < -0.4 is 0 Å². The molecule has 0 radical (unpaired) electrons. The van der Waals surface area contributed by atoms with E-state index in [4.69, 9.17) is 30.9 Å². The molecule has 0 aliphatic rings. The lowest BCUT2D eigenvalue weighted by Gasteiger charge is -2.23. The summed E-state index contributed by atoms with van der Waals surface area (Å²) in [5.41, 5.74) is 0. The van der Waals surface area contributed by atoms with Crippen LogP contribution in [-0.4, -0.2) is 62.8 Å². The average Bonchev–Trinajstić information content (AvgIpc) is 2.12. The Morgan fingerprint density at radius 3 is 1.92 bits per heavy atom. The largest absolute Gasteiger partial charge is 0.394 e. The number of hydrogen-bond acceptors (Lipinski definition) is 6. The molecule has 0 aromatic carbocycles. The summed E-state index contributed by atoms with van der Waals surface area (Å²) < 4.78 is 0. The van der Waals surface area contributed by atoms with Gasteiger partial charge in [0.25, 0.3) is 0 Å². The van der Waals surface area contributed by atoms with Gasteiger partial charge in [0, 0.05) is 6.21 Å². The first kappa shape index (κ1) is 11.5. The van der Waals surface area contributed by atoms with Gasteiger partial charge in [0.15, 0.2) is 0 Å². The molecule has 0 rings (SSSR count). The normalized spacial score (nSPS) is 21.1. The van der Waals surface area contributed by atoms with Crippen LogP contribution in [0.2, 0.25) is 0 Å². The molecule has 12 heavy (non-hydrogen) atoms. The van der Waals surface area contributed by atoms with E-state index in [-0.39, 0.29) is 0 Å². The van der Waals surface area contributed by atoms with Crippen molar-refractivity contribution in [3.05, 3.63) is 0 Å². The lowest BCUT2D eigenvalue weighted by atomic mass is 10.0. The van der Waals surface area contributed by atoms with Crippen molar-refractivity contribution in [3.8, 4) is 0 Å². The summed E-state index contributed by atoms with van der Waals surface area (Å²) in [6.07, 6.45) is -5.86. The maximum Gasteiger partial charge on any atom is 0.117 e. The molecular formula is C6H13NO5. The molecule has 0 spiro atoms. The molecule has 0 unspecified atom stereocenters. The van der Waals surface area contributed by atoms with Crippen molar-refractivity contribution >= 4 is 6.21 Å². The molecular weight excluding hydrogens is 166 g/mol. The zero-order chi connectivity index (χ0) is 9.72. The van der Waals surface area contributed by atoms with Crippen LogP contribution >= 0.6 is 0 Å². The molecule has 6 N–H and O–H groups in total. The quantitative estimate of drug-likeness (QED) is 0.252. The van der Waals surface area contributed by atoms with Gasteiger partial charge in [0.2, 0.25) is 0 Å². The Balaban J connectivity index is 4.07. The number of hydrogen-bond donors (Lipinski definition) is 6.